The van der Waals surface area contributed by atoms with E-state index >= 15 is 0 Å². The molecule has 9 nitrogen and oxygen atoms in total. The summed E-state index contributed by atoms with van der Waals surface area (Å²) < 4.78 is 30.1. The molecule has 1 unspecified atom stereocenters. The molecular formula is C25H24N6O3S. The van der Waals surface area contributed by atoms with E-state index in [0.29, 0.717) is 6.54 Å². The van der Waals surface area contributed by atoms with Crippen LogP contribution in [0.2, 0.25) is 0 Å². The van der Waals surface area contributed by atoms with Gasteiger partial charge in [-0.3, -0.25) is 4.40 Å². The summed E-state index contributed by atoms with van der Waals surface area (Å²) in [6.45, 7) is 1.47. The maximum Gasteiger partial charge on any atom is 0.240 e. The third kappa shape index (κ3) is 4.01. The molecule has 3 aromatic heterocycles. The van der Waals surface area contributed by atoms with Crippen LogP contribution in [-0.2, 0) is 10.0 Å². The fraction of sp³-hybridized carbons (Fsp3) is 0.160. The van der Waals surface area contributed by atoms with Gasteiger partial charge in [0.05, 0.1) is 16.3 Å². The maximum absolute atomic E-state index is 12.7. The highest BCUT2D eigenvalue weighted by Gasteiger charge is 2.22. The number of sulfonamides is 1. The largest absolute Gasteiger partial charge is 0.494 e. The van der Waals surface area contributed by atoms with Gasteiger partial charge in [0.2, 0.25) is 10.0 Å². The second-order valence-corrected chi connectivity index (χ2v) is 10.4. The molecule has 5 N–H and O–H groups in total. The molecule has 1 aliphatic rings. The summed E-state index contributed by atoms with van der Waals surface area (Å²) in [6, 6.07) is 16.5. The van der Waals surface area contributed by atoms with Gasteiger partial charge in [-0.1, -0.05) is 6.07 Å². The van der Waals surface area contributed by atoms with E-state index < -0.39 is 10.0 Å². The minimum atomic E-state index is -3.56. The summed E-state index contributed by atoms with van der Waals surface area (Å²) in [5, 5.41) is 18.1. The van der Waals surface area contributed by atoms with Gasteiger partial charge in [0.1, 0.15) is 0 Å². The van der Waals surface area contributed by atoms with E-state index in [2.05, 4.69) is 25.3 Å². The number of nitrogens with one attached hydrogen (secondary N) is 4. The van der Waals surface area contributed by atoms with Crippen molar-refractivity contribution in [3.63, 3.8) is 0 Å². The number of aromatic hydroxyl groups is 1. The lowest BCUT2D eigenvalue weighted by atomic mass is 10.1. The molecule has 0 amide bonds. The molecule has 1 aliphatic heterocycles. The zero-order valence-electron chi connectivity index (χ0n) is 18.7. The number of anilines is 2. The highest BCUT2D eigenvalue weighted by Crippen LogP contribution is 2.31. The van der Waals surface area contributed by atoms with E-state index in [-0.39, 0.29) is 16.8 Å². The number of imidazole rings is 1. The van der Waals surface area contributed by atoms with E-state index in [1.165, 1.54) is 0 Å². The summed E-state index contributed by atoms with van der Waals surface area (Å²) >= 11 is 0. The molecule has 1 fully saturated rings. The van der Waals surface area contributed by atoms with Crippen molar-refractivity contribution in [3.05, 3.63) is 73.2 Å². The van der Waals surface area contributed by atoms with Crippen molar-refractivity contribution in [1.82, 2.24) is 24.4 Å². The second-order valence-electron chi connectivity index (χ2n) is 8.65. The minimum absolute atomic E-state index is 0.0753. The number of fused-ring (bicyclic) bond motifs is 2. The predicted octanol–water partition coefficient (Wildman–Crippen LogP) is 3.57. The number of nitrogens with zero attached hydrogens (tertiary/aromatic N) is 2. The Morgan fingerprint density at radius 1 is 1.09 bits per heavy atom. The van der Waals surface area contributed by atoms with Gasteiger partial charge in [0.15, 0.2) is 11.5 Å². The van der Waals surface area contributed by atoms with Gasteiger partial charge >= 0.3 is 0 Å². The van der Waals surface area contributed by atoms with Crippen LogP contribution in [0.5, 0.6) is 5.88 Å². The van der Waals surface area contributed by atoms with Crippen LogP contribution in [0.4, 0.5) is 11.4 Å². The second kappa shape index (κ2) is 8.42. The first kappa shape index (κ1) is 21.7. The van der Waals surface area contributed by atoms with Crippen molar-refractivity contribution in [2.45, 2.75) is 17.4 Å². The summed E-state index contributed by atoms with van der Waals surface area (Å²) in [5.41, 5.74) is 4.25. The number of rotatable bonds is 6. The average molecular weight is 489 g/mol. The third-order valence-corrected chi connectivity index (χ3v) is 7.88. The molecule has 5 aromatic rings. The van der Waals surface area contributed by atoms with Crippen LogP contribution in [0.15, 0.2) is 78.1 Å². The number of hydrogen-bond acceptors (Lipinski definition) is 6. The minimum Gasteiger partial charge on any atom is -0.494 e. The van der Waals surface area contributed by atoms with Crippen molar-refractivity contribution in [1.29, 1.82) is 0 Å². The Balaban J connectivity index is 1.27. The van der Waals surface area contributed by atoms with Crippen LogP contribution in [0.3, 0.4) is 0 Å². The van der Waals surface area contributed by atoms with Gasteiger partial charge in [0, 0.05) is 47.6 Å². The fourth-order valence-electron chi connectivity index (χ4n) is 4.54. The zero-order valence-corrected chi connectivity index (χ0v) is 19.5. The van der Waals surface area contributed by atoms with Gasteiger partial charge in [-0.05, 0) is 67.1 Å². The Bertz CT molecular complexity index is 1630. The Hall–Kier alpha value is -3.86. The maximum atomic E-state index is 12.7. The molecule has 6 rings (SSSR count). The van der Waals surface area contributed by atoms with Crippen molar-refractivity contribution in [2.75, 3.05) is 18.4 Å². The standard InChI is InChI=1S/C25H24N6O3S/c32-25-21-6-1-16(13-17(21)14-28-25)23-8-7-22(24-27-11-12-31(23)24)29-18-2-4-20(5-3-18)35(33,34)30-19-9-10-26-15-19/h1-8,11-14,19,26,28-30,32H,9-10,15H2. The molecule has 1 saturated heterocycles. The van der Waals surface area contributed by atoms with E-state index in [9.17, 15) is 13.5 Å². The normalized spacial score (nSPS) is 16.3. The Morgan fingerprint density at radius 3 is 2.74 bits per heavy atom. The van der Waals surface area contributed by atoms with E-state index in [1.54, 1.807) is 36.7 Å². The molecule has 0 bridgehead atoms. The highest BCUT2D eigenvalue weighted by atomic mass is 32.2. The number of hydrogen-bond donors (Lipinski definition) is 5. The summed E-state index contributed by atoms with van der Waals surface area (Å²) in [6.07, 6.45) is 6.20. The van der Waals surface area contributed by atoms with Crippen molar-refractivity contribution in [3.8, 4) is 17.1 Å². The molecular weight excluding hydrogens is 464 g/mol. The first-order valence-corrected chi connectivity index (χ1v) is 12.8. The number of H-pyrrole nitrogens is 1. The molecule has 10 heteroatoms. The van der Waals surface area contributed by atoms with E-state index in [4.69, 9.17) is 0 Å². The Morgan fingerprint density at radius 2 is 1.94 bits per heavy atom. The smallest absolute Gasteiger partial charge is 0.240 e. The molecule has 0 spiro atoms. The number of aromatic amines is 1. The quantitative estimate of drug-likeness (QED) is 0.249. The average Bonchev–Trinajstić information content (AvgIpc) is 3.61. The van der Waals surface area contributed by atoms with Gasteiger partial charge in [-0.2, -0.15) is 0 Å². The van der Waals surface area contributed by atoms with E-state index in [0.717, 1.165) is 52.0 Å². The predicted molar refractivity (Wildman–Crippen MR) is 135 cm³/mol. The lowest BCUT2D eigenvalue weighted by Crippen LogP contribution is -2.36. The lowest BCUT2D eigenvalue weighted by molar-refractivity contribution is 0.462. The molecule has 0 saturated carbocycles. The van der Waals surface area contributed by atoms with Gasteiger partial charge in [-0.15, -0.1) is 0 Å². The molecule has 4 heterocycles. The van der Waals surface area contributed by atoms with Crippen LogP contribution < -0.4 is 15.4 Å². The van der Waals surface area contributed by atoms with Crippen molar-refractivity contribution in [2.24, 2.45) is 0 Å². The lowest BCUT2D eigenvalue weighted by Gasteiger charge is -2.14. The first-order chi connectivity index (χ1) is 17.0. The Kier molecular flexibility index (Phi) is 5.21. The van der Waals surface area contributed by atoms with Crippen LogP contribution in [0, 0.1) is 0 Å². The number of benzene rings is 2. The Labute approximate surface area is 201 Å². The molecule has 35 heavy (non-hydrogen) atoms. The van der Waals surface area contributed by atoms with Crippen LogP contribution in [-0.4, -0.2) is 47.0 Å². The zero-order chi connectivity index (χ0) is 24.0. The monoisotopic (exact) mass is 488 g/mol. The number of pyridine rings is 1. The summed E-state index contributed by atoms with van der Waals surface area (Å²) in [5.74, 6) is 0.157. The first-order valence-electron chi connectivity index (χ1n) is 11.3. The van der Waals surface area contributed by atoms with Crippen LogP contribution in [0.1, 0.15) is 6.42 Å². The summed E-state index contributed by atoms with van der Waals surface area (Å²) in [4.78, 5) is 7.60. The van der Waals surface area contributed by atoms with Crippen molar-refractivity contribution >= 4 is 37.8 Å². The van der Waals surface area contributed by atoms with Gasteiger partial charge in [-0.25, -0.2) is 18.1 Å². The van der Waals surface area contributed by atoms with Crippen molar-refractivity contribution < 1.29 is 13.5 Å². The molecule has 178 valence electrons. The molecule has 1 atom stereocenters. The number of aromatic nitrogens is 3. The fourth-order valence-corrected chi connectivity index (χ4v) is 5.81. The van der Waals surface area contributed by atoms with Crippen LogP contribution in [0.25, 0.3) is 27.7 Å². The van der Waals surface area contributed by atoms with E-state index in [1.807, 2.05) is 40.9 Å². The topological polar surface area (TPSA) is 124 Å². The SMILES string of the molecule is O=S(=O)(NC1CCNC1)c1ccc(Nc2ccc(-c3ccc4c(O)[nH]cc4c3)n3ccnc23)cc1. The summed E-state index contributed by atoms with van der Waals surface area (Å²) in [7, 11) is -3.56. The molecule has 0 aliphatic carbocycles. The van der Waals surface area contributed by atoms with Crippen LogP contribution >= 0.6 is 0 Å². The van der Waals surface area contributed by atoms with Gasteiger partial charge < -0.3 is 20.7 Å². The molecule has 2 aromatic carbocycles. The molecule has 0 radical (unpaired) electrons. The third-order valence-electron chi connectivity index (χ3n) is 6.34. The van der Waals surface area contributed by atoms with Gasteiger partial charge in [0.25, 0.3) is 0 Å². The highest BCUT2D eigenvalue weighted by molar-refractivity contribution is 7.89.